The molecule has 4 nitrogen and oxygen atoms in total. The van der Waals surface area contributed by atoms with Gasteiger partial charge in [0, 0.05) is 0 Å². The molecule has 0 aliphatic heterocycles. The fourth-order valence-corrected chi connectivity index (χ4v) is 3.32. The van der Waals surface area contributed by atoms with Crippen LogP contribution in [0.3, 0.4) is 0 Å². The van der Waals surface area contributed by atoms with E-state index < -0.39 is 9.84 Å². The van der Waals surface area contributed by atoms with E-state index in [-0.39, 0.29) is 9.80 Å². The van der Waals surface area contributed by atoms with Gasteiger partial charge >= 0.3 is 0 Å². The number of nitrogens with zero attached hydrogens (tertiary/aromatic N) is 1. The molecule has 25 heavy (non-hydrogen) atoms. The molecule has 0 unspecified atom stereocenters. The Hall–Kier alpha value is -2.58. The maximum absolute atomic E-state index is 12.6. The minimum Gasteiger partial charge on any atom is -0.494 e. The average Bonchev–Trinajstić information content (AvgIpc) is 2.61. The molecule has 2 aromatic rings. The first-order chi connectivity index (χ1) is 12.0. The Morgan fingerprint density at radius 1 is 1.12 bits per heavy atom. The SMILES string of the molecule is CCCCOc1ccc(/C=C(\C#N)S(=O)(=O)c2ccc(C)cc2)cc1. The zero-order valence-electron chi connectivity index (χ0n) is 14.4. The van der Waals surface area contributed by atoms with Crippen LogP contribution in [0.2, 0.25) is 0 Å². The molecule has 0 atom stereocenters. The quantitative estimate of drug-likeness (QED) is 0.541. The van der Waals surface area contributed by atoms with E-state index in [0.29, 0.717) is 12.2 Å². The fraction of sp³-hybridized carbons (Fsp3) is 0.250. The van der Waals surface area contributed by atoms with Gasteiger partial charge in [0.25, 0.3) is 0 Å². The van der Waals surface area contributed by atoms with Gasteiger partial charge in [-0.1, -0.05) is 43.2 Å². The normalized spacial score (nSPS) is 11.8. The highest BCUT2D eigenvalue weighted by Crippen LogP contribution is 2.22. The molecule has 0 saturated heterocycles. The van der Waals surface area contributed by atoms with Gasteiger partial charge in [0.1, 0.15) is 16.7 Å². The molecular weight excluding hydrogens is 334 g/mol. The summed E-state index contributed by atoms with van der Waals surface area (Å²) >= 11 is 0. The van der Waals surface area contributed by atoms with Crippen LogP contribution in [0.25, 0.3) is 6.08 Å². The van der Waals surface area contributed by atoms with Crippen molar-refractivity contribution in [1.29, 1.82) is 5.26 Å². The summed E-state index contributed by atoms with van der Waals surface area (Å²) in [6, 6.07) is 15.3. The van der Waals surface area contributed by atoms with Crippen molar-refractivity contribution in [2.45, 2.75) is 31.6 Å². The molecule has 0 fully saturated rings. The molecule has 2 aromatic carbocycles. The number of allylic oxidation sites excluding steroid dienone is 1. The van der Waals surface area contributed by atoms with Gasteiger partial charge < -0.3 is 4.74 Å². The minimum absolute atomic E-state index is 0.116. The topological polar surface area (TPSA) is 67.2 Å². The first-order valence-corrected chi connectivity index (χ1v) is 9.62. The van der Waals surface area contributed by atoms with E-state index in [1.807, 2.05) is 6.92 Å². The molecule has 0 amide bonds. The summed E-state index contributed by atoms with van der Waals surface area (Å²) < 4.78 is 30.8. The van der Waals surface area contributed by atoms with Gasteiger partial charge in [-0.3, -0.25) is 0 Å². The number of benzene rings is 2. The molecule has 0 bridgehead atoms. The second-order valence-corrected chi connectivity index (χ2v) is 7.63. The summed E-state index contributed by atoms with van der Waals surface area (Å²) in [6.07, 6.45) is 3.42. The maximum atomic E-state index is 12.6. The molecule has 0 spiro atoms. The number of aryl methyl sites for hydroxylation is 1. The van der Waals surface area contributed by atoms with E-state index >= 15 is 0 Å². The molecule has 0 aromatic heterocycles. The summed E-state index contributed by atoms with van der Waals surface area (Å²) in [7, 11) is -3.83. The summed E-state index contributed by atoms with van der Waals surface area (Å²) in [6.45, 7) is 4.62. The predicted octanol–water partition coefficient (Wildman–Crippen LogP) is 4.51. The standard InChI is InChI=1S/C20H21NO3S/c1-3-4-13-24-18-9-7-17(8-10-18)14-20(15-21)25(22,23)19-11-5-16(2)6-12-19/h5-12,14H,3-4,13H2,1-2H3/b20-14+. The van der Waals surface area contributed by atoms with Crippen molar-refractivity contribution in [2.24, 2.45) is 0 Å². The lowest BCUT2D eigenvalue weighted by molar-refractivity contribution is 0.309. The second-order valence-electron chi connectivity index (χ2n) is 5.71. The fourth-order valence-electron chi connectivity index (χ4n) is 2.16. The highest BCUT2D eigenvalue weighted by atomic mass is 32.2. The molecule has 0 N–H and O–H groups in total. The highest BCUT2D eigenvalue weighted by molar-refractivity contribution is 7.95. The van der Waals surface area contributed by atoms with Crippen LogP contribution < -0.4 is 4.74 Å². The van der Waals surface area contributed by atoms with Gasteiger partial charge in [0.2, 0.25) is 9.84 Å². The van der Waals surface area contributed by atoms with Crippen molar-refractivity contribution in [3.05, 3.63) is 64.6 Å². The average molecular weight is 355 g/mol. The molecule has 0 aliphatic carbocycles. The largest absolute Gasteiger partial charge is 0.494 e. The first kappa shape index (κ1) is 18.8. The highest BCUT2D eigenvalue weighted by Gasteiger charge is 2.20. The van der Waals surface area contributed by atoms with Crippen LogP contribution in [-0.4, -0.2) is 15.0 Å². The minimum atomic E-state index is -3.83. The van der Waals surface area contributed by atoms with Crippen molar-refractivity contribution in [3.63, 3.8) is 0 Å². The van der Waals surface area contributed by atoms with Gasteiger partial charge in [0.15, 0.2) is 0 Å². The van der Waals surface area contributed by atoms with Crippen LogP contribution in [0.5, 0.6) is 5.75 Å². The van der Waals surface area contributed by atoms with E-state index in [0.717, 1.165) is 24.2 Å². The molecule has 0 saturated carbocycles. The Balaban J connectivity index is 2.25. The number of nitriles is 1. The van der Waals surface area contributed by atoms with Crippen molar-refractivity contribution in [3.8, 4) is 11.8 Å². The van der Waals surface area contributed by atoms with E-state index in [4.69, 9.17) is 4.74 Å². The number of rotatable bonds is 7. The van der Waals surface area contributed by atoms with Gasteiger partial charge in [-0.05, 0) is 49.2 Å². The van der Waals surface area contributed by atoms with Crippen LogP contribution in [0.4, 0.5) is 0 Å². The third kappa shape index (κ3) is 4.94. The molecule has 0 aliphatic rings. The maximum Gasteiger partial charge on any atom is 0.216 e. The summed E-state index contributed by atoms with van der Waals surface area (Å²) in [5.74, 6) is 0.727. The number of sulfone groups is 1. The molecular formula is C20H21NO3S. The van der Waals surface area contributed by atoms with Crippen LogP contribution in [0.1, 0.15) is 30.9 Å². The Kier molecular flexibility index (Phi) is 6.37. The first-order valence-electron chi connectivity index (χ1n) is 8.14. The van der Waals surface area contributed by atoms with E-state index in [1.54, 1.807) is 42.5 Å². The van der Waals surface area contributed by atoms with Crippen molar-refractivity contribution in [2.75, 3.05) is 6.61 Å². The smallest absolute Gasteiger partial charge is 0.216 e. The van der Waals surface area contributed by atoms with Gasteiger partial charge in [-0.25, -0.2) is 8.42 Å². The van der Waals surface area contributed by atoms with Crippen LogP contribution in [0.15, 0.2) is 58.3 Å². The van der Waals surface area contributed by atoms with E-state index in [9.17, 15) is 13.7 Å². The number of hydrogen-bond acceptors (Lipinski definition) is 4. The van der Waals surface area contributed by atoms with Gasteiger partial charge in [-0.15, -0.1) is 0 Å². The Morgan fingerprint density at radius 3 is 2.32 bits per heavy atom. The second kappa shape index (κ2) is 8.50. The summed E-state index contributed by atoms with van der Waals surface area (Å²) in [4.78, 5) is -0.165. The summed E-state index contributed by atoms with van der Waals surface area (Å²) in [5.41, 5.74) is 1.59. The van der Waals surface area contributed by atoms with Crippen LogP contribution >= 0.6 is 0 Å². The Bertz CT molecular complexity index is 874. The lowest BCUT2D eigenvalue weighted by Crippen LogP contribution is -2.03. The lowest BCUT2D eigenvalue weighted by atomic mass is 10.2. The molecule has 0 heterocycles. The third-order valence-corrected chi connectivity index (χ3v) is 5.36. The van der Waals surface area contributed by atoms with Crippen molar-refractivity contribution >= 4 is 15.9 Å². The van der Waals surface area contributed by atoms with Crippen molar-refractivity contribution < 1.29 is 13.2 Å². The van der Waals surface area contributed by atoms with E-state index in [1.165, 1.54) is 18.2 Å². The predicted molar refractivity (Wildman–Crippen MR) is 98.8 cm³/mol. The molecule has 130 valence electrons. The van der Waals surface area contributed by atoms with Crippen LogP contribution in [0, 0.1) is 18.3 Å². The summed E-state index contributed by atoms with van der Waals surface area (Å²) in [5, 5.41) is 9.31. The van der Waals surface area contributed by atoms with Crippen molar-refractivity contribution in [1.82, 2.24) is 0 Å². The van der Waals surface area contributed by atoms with E-state index in [2.05, 4.69) is 6.92 Å². The molecule has 2 rings (SSSR count). The zero-order valence-corrected chi connectivity index (χ0v) is 15.2. The Labute approximate surface area is 149 Å². The number of hydrogen-bond donors (Lipinski definition) is 0. The molecule has 5 heteroatoms. The monoisotopic (exact) mass is 355 g/mol. The molecule has 0 radical (unpaired) electrons. The van der Waals surface area contributed by atoms with Gasteiger partial charge in [-0.2, -0.15) is 5.26 Å². The Morgan fingerprint density at radius 2 is 1.76 bits per heavy atom. The zero-order chi connectivity index (χ0) is 18.3. The third-order valence-electron chi connectivity index (χ3n) is 3.68. The number of unbranched alkanes of at least 4 members (excludes halogenated alkanes) is 1. The number of ether oxygens (including phenoxy) is 1. The lowest BCUT2D eigenvalue weighted by Gasteiger charge is -2.06. The van der Waals surface area contributed by atoms with Crippen LogP contribution in [-0.2, 0) is 9.84 Å². The van der Waals surface area contributed by atoms with Gasteiger partial charge in [0.05, 0.1) is 11.5 Å².